The Balaban J connectivity index is 1.89. The van der Waals surface area contributed by atoms with Crippen molar-refractivity contribution >= 4 is 34.4 Å². The third-order valence-electron chi connectivity index (χ3n) is 4.02. The molecule has 1 unspecified atom stereocenters. The van der Waals surface area contributed by atoms with E-state index < -0.39 is 41.5 Å². The fourth-order valence-corrected chi connectivity index (χ4v) is 2.79. The summed E-state index contributed by atoms with van der Waals surface area (Å²) < 4.78 is 14.3. The quantitative estimate of drug-likeness (QED) is 0.592. The molecule has 0 saturated heterocycles. The molecule has 0 bridgehead atoms. The van der Waals surface area contributed by atoms with Gasteiger partial charge < -0.3 is 15.4 Å². The summed E-state index contributed by atoms with van der Waals surface area (Å²) in [5.74, 6) is -3.21. The van der Waals surface area contributed by atoms with Gasteiger partial charge >= 0.3 is 11.7 Å². The standard InChI is InChI=1S/C18H13ClFN3O5/c19-11-6-5-9(7-12(11)20)15(17(26)27)22-14(24)8-23-16(25)10-3-1-2-4-13(10)21-18(23)28/h1-7,15H,8H2,(H,21,28)(H,22,24)(H,26,27). The summed E-state index contributed by atoms with van der Waals surface area (Å²) in [5.41, 5.74) is -1.25. The first-order valence-corrected chi connectivity index (χ1v) is 8.34. The van der Waals surface area contributed by atoms with Crippen LogP contribution in [-0.2, 0) is 16.1 Å². The van der Waals surface area contributed by atoms with Gasteiger partial charge in [-0.25, -0.2) is 14.0 Å². The second-order valence-corrected chi connectivity index (χ2v) is 6.29. The van der Waals surface area contributed by atoms with E-state index in [1.54, 1.807) is 12.1 Å². The summed E-state index contributed by atoms with van der Waals surface area (Å²) in [5, 5.41) is 11.5. The van der Waals surface area contributed by atoms with E-state index in [0.717, 1.165) is 12.1 Å². The molecule has 1 heterocycles. The van der Waals surface area contributed by atoms with E-state index in [2.05, 4.69) is 10.3 Å². The summed E-state index contributed by atoms with van der Waals surface area (Å²) in [6, 6.07) is 7.97. The largest absolute Gasteiger partial charge is 0.479 e. The molecule has 3 aromatic rings. The van der Waals surface area contributed by atoms with Crippen molar-refractivity contribution in [2.24, 2.45) is 0 Å². The fourth-order valence-electron chi connectivity index (χ4n) is 2.67. The van der Waals surface area contributed by atoms with Crippen molar-refractivity contribution in [1.82, 2.24) is 14.9 Å². The van der Waals surface area contributed by atoms with Crippen molar-refractivity contribution in [3.05, 3.63) is 79.7 Å². The number of halogens is 2. The lowest BCUT2D eigenvalue weighted by Crippen LogP contribution is -2.42. The number of aromatic nitrogens is 2. The highest BCUT2D eigenvalue weighted by Gasteiger charge is 2.24. The molecule has 1 atom stereocenters. The minimum atomic E-state index is -1.59. The molecule has 1 amide bonds. The second-order valence-electron chi connectivity index (χ2n) is 5.88. The van der Waals surface area contributed by atoms with E-state index >= 15 is 0 Å². The summed E-state index contributed by atoms with van der Waals surface area (Å²) >= 11 is 5.57. The van der Waals surface area contributed by atoms with Gasteiger partial charge in [-0.1, -0.05) is 29.8 Å². The predicted octanol–water partition coefficient (Wildman–Crippen LogP) is 1.42. The van der Waals surface area contributed by atoms with E-state index in [1.165, 1.54) is 18.2 Å². The molecule has 0 radical (unpaired) electrons. The van der Waals surface area contributed by atoms with Crippen molar-refractivity contribution in [1.29, 1.82) is 0 Å². The van der Waals surface area contributed by atoms with E-state index in [4.69, 9.17) is 11.6 Å². The van der Waals surface area contributed by atoms with Crippen molar-refractivity contribution < 1.29 is 19.1 Å². The molecule has 8 nitrogen and oxygen atoms in total. The van der Waals surface area contributed by atoms with Crippen LogP contribution in [0.4, 0.5) is 4.39 Å². The smallest absolute Gasteiger partial charge is 0.330 e. The van der Waals surface area contributed by atoms with E-state index in [1.807, 2.05) is 0 Å². The molecule has 0 saturated carbocycles. The number of carbonyl (C=O) groups excluding carboxylic acids is 1. The minimum Gasteiger partial charge on any atom is -0.479 e. The highest BCUT2D eigenvalue weighted by Crippen LogP contribution is 2.20. The van der Waals surface area contributed by atoms with Crippen LogP contribution in [0.15, 0.2) is 52.1 Å². The van der Waals surface area contributed by atoms with Crippen LogP contribution in [0.2, 0.25) is 5.02 Å². The lowest BCUT2D eigenvalue weighted by molar-refractivity contribution is -0.142. The number of amides is 1. The number of nitrogens with one attached hydrogen (secondary N) is 2. The molecule has 28 heavy (non-hydrogen) atoms. The number of H-pyrrole nitrogens is 1. The summed E-state index contributed by atoms with van der Waals surface area (Å²) in [6.07, 6.45) is 0. The second kappa shape index (κ2) is 7.65. The number of carboxylic acids is 1. The molecular formula is C18H13ClFN3O5. The maximum absolute atomic E-state index is 13.6. The lowest BCUT2D eigenvalue weighted by atomic mass is 10.1. The molecule has 10 heteroatoms. The topological polar surface area (TPSA) is 121 Å². The van der Waals surface area contributed by atoms with Crippen LogP contribution in [0.5, 0.6) is 0 Å². The van der Waals surface area contributed by atoms with Crippen LogP contribution in [0.1, 0.15) is 11.6 Å². The Kier molecular flexibility index (Phi) is 5.27. The zero-order chi connectivity index (χ0) is 20.4. The molecule has 3 N–H and O–H groups in total. The van der Waals surface area contributed by atoms with Crippen LogP contribution in [0.25, 0.3) is 10.9 Å². The van der Waals surface area contributed by atoms with Crippen molar-refractivity contribution in [2.45, 2.75) is 12.6 Å². The number of carboxylic acid groups (broad SMARTS) is 1. The van der Waals surface area contributed by atoms with Gasteiger partial charge in [-0.05, 0) is 29.8 Å². The van der Waals surface area contributed by atoms with Gasteiger partial charge in [0.05, 0.1) is 15.9 Å². The number of nitrogens with zero attached hydrogens (tertiary/aromatic N) is 1. The van der Waals surface area contributed by atoms with E-state index in [0.29, 0.717) is 10.1 Å². The number of benzene rings is 2. The van der Waals surface area contributed by atoms with E-state index in [-0.39, 0.29) is 16.0 Å². The zero-order valence-corrected chi connectivity index (χ0v) is 14.9. The summed E-state index contributed by atoms with van der Waals surface area (Å²) in [4.78, 5) is 50.8. The number of aliphatic carboxylic acids is 1. The Labute approximate surface area is 161 Å². The van der Waals surface area contributed by atoms with Crippen LogP contribution in [0.3, 0.4) is 0 Å². The first kappa shape index (κ1) is 19.3. The number of para-hydroxylation sites is 1. The zero-order valence-electron chi connectivity index (χ0n) is 14.1. The molecule has 0 aliphatic rings. The summed E-state index contributed by atoms with van der Waals surface area (Å²) in [7, 11) is 0. The highest BCUT2D eigenvalue weighted by atomic mass is 35.5. The third kappa shape index (κ3) is 3.79. The van der Waals surface area contributed by atoms with Crippen LogP contribution in [0, 0.1) is 5.82 Å². The molecule has 0 aliphatic heterocycles. The van der Waals surface area contributed by atoms with Crippen molar-refractivity contribution in [3.8, 4) is 0 Å². The van der Waals surface area contributed by atoms with Gasteiger partial charge in [0.25, 0.3) is 5.56 Å². The van der Waals surface area contributed by atoms with Gasteiger partial charge in [0.15, 0.2) is 6.04 Å². The van der Waals surface area contributed by atoms with Gasteiger partial charge in [-0.3, -0.25) is 14.2 Å². The molecule has 1 aromatic heterocycles. The van der Waals surface area contributed by atoms with Gasteiger partial charge in [-0.2, -0.15) is 0 Å². The maximum Gasteiger partial charge on any atom is 0.330 e. The van der Waals surface area contributed by atoms with Crippen LogP contribution >= 0.6 is 11.6 Å². The van der Waals surface area contributed by atoms with E-state index in [9.17, 15) is 28.7 Å². The average molecular weight is 406 g/mol. The Morgan fingerprint density at radius 2 is 1.93 bits per heavy atom. The van der Waals surface area contributed by atoms with Crippen LogP contribution < -0.4 is 16.6 Å². The lowest BCUT2D eigenvalue weighted by Gasteiger charge is -2.15. The number of aromatic amines is 1. The monoisotopic (exact) mass is 405 g/mol. The average Bonchev–Trinajstić information content (AvgIpc) is 2.65. The Hall–Kier alpha value is -3.46. The third-order valence-corrected chi connectivity index (χ3v) is 4.33. The molecule has 0 fully saturated rings. The Morgan fingerprint density at radius 1 is 1.21 bits per heavy atom. The minimum absolute atomic E-state index is 0.0532. The molecule has 144 valence electrons. The Bertz CT molecular complexity index is 1200. The Morgan fingerprint density at radius 3 is 2.61 bits per heavy atom. The normalized spacial score (nSPS) is 11.9. The first-order valence-electron chi connectivity index (χ1n) is 7.97. The first-order chi connectivity index (χ1) is 13.3. The van der Waals surface area contributed by atoms with Crippen LogP contribution in [-0.4, -0.2) is 26.5 Å². The number of fused-ring (bicyclic) bond motifs is 1. The number of rotatable bonds is 5. The molecular weight excluding hydrogens is 393 g/mol. The summed E-state index contributed by atoms with van der Waals surface area (Å²) in [6.45, 7) is -0.709. The molecule has 2 aromatic carbocycles. The number of carbonyl (C=O) groups is 2. The van der Waals surface area contributed by atoms with Gasteiger partial charge in [0, 0.05) is 0 Å². The molecule has 3 rings (SSSR count). The number of hydrogen-bond acceptors (Lipinski definition) is 4. The molecule has 0 spiro atoms. The van der Waals surface area contributed by atoms with Gasteiger partial charge in [0.2, 0.25) is 5.91 Å². The molecule has 0 aliphatic carbocycles. The highest BCUT2D eigenvalue weighted by molar-refractivity contribution is 6.30. The van der Waals surface area contributed by atoms with Crippen molar-refractivity contribution in [2.75, 3.05) is 0 Å². The van der Waals surface area contributed by atoms with Gasteiger partial charge in [0.1, 0.15) is 12.4 Å². The fraction of sp³-hybridized carbons (Fsp3) is 0.111. The number of hydrogen-bond donors (Lipinski definition) is 3. The SMILES string of the molecule is O=C(Cn1c(=O)[nH]c2ccccc2c1=O)NC(C(=O)O)c1ccc(Cl)c(F)c1. The predicted molar refractivity (Wildman–Crippen MR) is 98.8 cm³/mol. The van der Waals surface area contributed by atoms with Crippen molar-refractivity contribution in [3.63, 3.8) is 0 Å². The van der Waals surface area contributed by atoms with Gasteiger partial charge in [-0.15, -0.1) is 0 Å². The maximum atomic E-state index is 13.6.